The minimum atomic E-state index is -0.355. The van der Waals surface area contributed by atoms with E-state index in [-0.39, 0.29) is 23.0 Å². The van der Waals surface area contributed by atoms with Crippen LogP contribution in [0.25, 0.3) is 0 Å². The maximum absolute atomic E-state index is 12.0. The summed E-state index contributed by atoms with van der Waals surface area (Å²) in [6.45, 7) is 0.260. The number of nitrogens with zero attached hydrogens (tertiary/aromatic N) is 3. The molecule has 0 N–H and O–H groups in total. The van der Waals surface area contributed by atoms with E-state index >= 15 is 0 Å². The smallest absolute Gasteiger partial charge is 0.297 e. The lowest BCUT2D eigenvalue weighted by Gasteiger charge is -2.08. The Morgan fingerprint density at radius 2 is 2.11 bits per heavy atom. The Kier molecular flexibility index (Phi) is 4.01. The van der Waals surface area contributed by atoms with Crippen molar-refractivity contribution in [3.8, 4) is 11.6 Å². The third-order valence-corrected chi connectivity index (χ3v) is 2.75. The van der Waals surface area contributed by atoms with Crippen molar-refractivity contribution >= 4 is 11.6 Å². The van der Waals surface area contributed by atoms with Gasteiger partial charge in [-0.3, -0.25) is 9.36 Å². The van der Waals surface area contributed by atoms with Crippen LogP contribution in [-0.4, -0.2) is 28.8 Å². The molecule has 0 atom stereocenters. The first-order valence-corrected chi connectivity index (χ1v) is 5.82. The molecule has 0 saturated heterocycles. The fraction of sp³-hybridized carbons (Fsp3) is 0.250. The molecule has 2 rings (SSSR count). The molecule has 0 unspecified atom stereocenters. The Morgan fingerprint density at radius 3 is 2.79 bits per heavy atom. The minimum absolute atomic E-state index is 0.0204. The fourth-order valence-corrected chi connectivity index (χ4v) is 1.77. The van der Waals surface area contributed by atoms with Crippen LogP contribution in [0.4, 0.5) is 0 Å². The lowest BCUT2D eigenvalue weighted by atomic mass is 10.3. The van der Waals surface area contributed by atoms with E-state index < -0.39 is 0 Å². The van der Waals surface area contributed by atoms with Crippen LogP contribution in [0.2, 0.25) is 5.15 Å². The van der Waals surface area contributed by atoms with Gasteiger partial charge in [-0.15, -0.1) is 0 Å². The molecule has 19 heavy (non-hydrogen) atoms. The van der Waals surface area contributed by atoms with Gasteiger partial charge in [0.05, 0.1) is 32.8 Å². The molecule has 0 aliphatic carbocycles. The highest BCUT2D eigenvalue weighted by Crippen LogP contribution is 2.15. The molecule has 0 aliphatic rings. The molecule has 0 aliphatic heterocycles. The Hall–Kier alpha value is -2.08. The fourth-order valence-electron chi connectivity index (χ4n) is 1.57. The lowest BCUT2D eigenvalue weighted by Crippen LogP contribution is -2.23. The Bertz CT molecular complexity index is 642. The van der Waals surface area contributed by atoms with Crippen molar-refractivity contribution < 1.29 is 9.47 Å². The summed E-state index contributed by atoms with van der Waals surface area (Å²) in [5, 5.41) is 0.0438. The van der Waals surface area contributed by atoms with Crippen molar-refractivity contribution in [2.75, 3.05) is 14.2 Å². The molecular weight excluding hydrogens is 270 g/mol. The number of hydrogen-bond donors (Lipinski definition) is 0. The molecule has 7 heteroatoms. The first-order chi connectivity index (χ1) is 9.15. The van der Waals surface area contributed by atoms with Crippen molar-refractivity contribution in [1.29, 1.82) is 0 Å². The maximum atomic E-state index is 12.0. The number of rotatable bonds is 4. The predicted molar refractivity (Wildman–Crippen MR) is 70.0 cm³/mol. The summed E-state index contributed by atoms with van der Waals surface area (Å²) in [6, 6.07) is 5.32. The second-order valence-electron chi connectivity index (χ2n) is 3.67. The molecule has 0 bridgehead atoms. The molecule has 0 amide bonds. The lowest BCUT2D eigenvalue weighted by molar-refractivity contribution is 0.394. The van der Waals surface area contributed by atoms with Crippen molar-refractivity contribution in [3.05, 3.63) is 45.7 Å². The van der Waals surface area contributed by atoms with Crippen LogP contribution < -0.4 is 15.0 Å². The van der Waals surface area contributed by atoms with Crippen molar-refractivity contribution in [3.63, 3.8) is 0 Å². The van der Waals surface area contributed by atoms with E-state index in [4.69, 9.17) is 21.1 Å². The van der Waals surface area contributed by atoms with E-state index in [1.54, 1.807) is 18.2 Å². The number of ether oxygens (including phenoxy) is 2. The summed E-state index contributed by atoms with van der Waals surface area (Å²) in [4.78, 5) is 20.2. The zero-order valence-electron chi connectivity index (χ0n) is 10.5. The molecule has 0 spiro atoms. The molecule has 0 fully saturated rings. The van der Waals surface area contributed by atoms with Crippen LogP contribution in [-0.2, 0) is 6.54 Å². The van der Waals surface area contributed by atoms with Crippen molar-refractivity contribution in [2.24, 2.45) is 0 Å². The molecule has 0 radical (unpaired) electrons. The molecule has 0 saturated carbocycles. The van der Waals surface area contributed by atoms with E-state index in [9.17, 15) is 4.79 Å². The highest BCUT2D eigenvalue weighted by molar-refractivity contribution is 6.30. The molecule has 2 aromatic rings. The van der Waals surface area contributed by atoms with E-state index in [0.29, 0.717) is 11.6 Å². The minimum Gasteiger partial charge on any atom is -0.489 e. The predicted octanol–water partition coefficient (Wildman–Crippen LogP) is 1.36. The maximum Gasteiger partial charge on any atom is 0.297 e. The quantitative estimate of drug-likeness (QED) is 0.792. The number of methoxy groups -OCH3 is 2. The monoisotopic (exact) mass is 281 g/mol. The van der Waals surface area contributed by atoms with E-state index in [1.807, 2.05) is 0 Å². The zero-order valence-corrected chi connectivity index (χ0v) is 11.2. The first-order valence-electron chi connectivity index (χ1n) is 5.44. The van der Waals surface area contributed by atoms with Gasteiger partial charge in [-0.1, -0.05) is 17.7 Å². The van der Waals surface area contributed by atoms with Crippen LogP contribution in [0.3, 0.4) is 0 Å². The second kappa shape index (κ2) is 5.71. The van der Waals surface area contributed by atoms with Gasteiger partial charge in [0.25, 0.3) is 5.56 Å². The number of halogens is 1. The van der Waals surface area contributed by atoms with Gasteiger partial charge in [-0.25, -0.2) is 9.97 Å². The van der Waals surface area contributed by atoms with E-state index in [0.717, 1.165) is 0 Å². The molecule has 0 aromatic carbocycles. The van der Waals surface area contributed by atoms with Crippen molar-refractivity contribution in [1.82, 2.24) is 14.5 Å². The number of pyridine rings is 1. The number of aromatic nitrogens is 3. The second-order valence-corrected chi connectivity index (χ2v) is 4.03. The van der Waals surface area contributed by atoms with Crippen LogP contribution in [0.15, 0.2) is 29.3 Å². The van der Waals surface area contributed by atoms with Crippen LogP contribution >= 0.6 is 11.6 Å². The van der Waals surface area contributed by atoms with Crippen LogP contribution in [0.1, 0.15) is 5.69 Å². The molecule has 6 nitrogen and oxygen atoms in total. The summed E-state index contributed by atoms with van der Waals surface area (Å²) in [5.74, 6) is 0.506. The highest BCUT2D eigenvalue weighted by atomic mass is 35.5. The van der Waals surface area contributed by atoms with E-state index in [2.05, 4.69) is 9.97 Å². The molecule has 2 aromatic heterocycles. The highest BCUT2D eigenvalue weighted by Gasteiger charge is 2.11. The third-order valence-electron chi connectivity index (χ3n) is 2.48. The van der Waals surface area contributed by atoms with Gasteiger partial charge in [0, 0.05) is 6.07 Å². The van der Waals surface area contributed by atoms with Crippen LogP contribution in [0, 0.1) is 0 Å². The summed E-state index contributed by atoms with van der Waals surface area (Å²) in [7, 11) is 2.91. The van der Waals surface area contributed by atoms with Gasteiger partial charge >= 0.3 is 0 Å². The largest absolute Gasteiger partial charge is 0.489 e. The molecule has 2 heterocycles. The molecule has 100 valence electrons. The molecular formula is C12H12ClN3O3. The van der Waals surface area contributed by atoms with Gasteiger partial charge in [-0.05, 0) is 6.07 Å². The van der Waals surface area contributed by atoms with Crippen LogP contribution in [0.5, 0.6) is 11.6 Å². The van der Waals surface area contributed by atoms with Gasteiger partial charge in [0.15, 0.2) is 5.15 Å². The Balaban J connectivity index is 2.36. The zero-order chi connectivity index (χ0) is 13.8. The van der Waals surface area contributed by atoms with Gasteiger partial charge < -0.3 is 9.47 Å². The topological polar surface area (TPSA) is 66.2 Å². The summed E-state index contributed by atoms with van der Waals surface area (Å²) >= 11 is 5.77. The van der Waals surface area contributed by atoms with Gasteiger partial charge in [0.2, 0.25) is 11.6 Å². The average Bonchev–Trinajstić information content (AvgIpc) is 2.43. The summed E-state index contributed by atoms with van der Waals surface area (Å²) in [5.41, 5.74) is 0.319. The first kappa shape index (κ1) is 13.4. The standard InChI is InChI=1S/C12H12ClN3O3/c1-18-9-5-3-4-8(15-9)6-16-7-14-11(13)10(19-2)12(16)17/h3-5,7H,6H2,1-2H3. The van der Waals surface area contributed by atoms with Gasteiger partial charge in [-0.2, -0.15) is 0 Å². The summed E-state index contributed by atoms with van der Waals surface area (Å²) in [6.07, 6.45) is 1.36. The Morgan fingerprint density at radius 1 is 1.32 bits per heavy atom. The Labute approximate surface area is 114 Å². The van der Waals surface area contributed by atoms with Gasteiger partial charge in [0.1, 0.15) is 0 Å². The van der Waals surface area contributed by atoms with Crippen molar-refractivity contribution in [2.45, 2.75) is 6.54 Å². The van der Waals surface area contributed by atoms with E-state index in [1.165, 1.54) is 25.1 Å². The average molecular weight is 282 g/mol. The SMILES string of the molecule is COc1cccc(Cn2cnc(Cl)c(OC)c2=O)n1. The number of hydrogen-bond acceptors (Lipinski definition) is 5. The summed E-state index contributed by atoms with van der Waals surface area (Å²) < 4.78 is 11.3. The third kappa shape index (κ3) is 2.85. The normalized spacial score (nSPS) is 10.3.